The minimum atomic E-state index is 0.119. The fourth-order valence-corrected chi connectivity index (χ4v) is 3.88. The molecule has 2 aliphatic rings. The van der Waals surface area contributed by atoms with Crippen molar-refractivity contribution in [1.82, 2.24) is 0 Å². The lowest BCUT2D eigenvalue weighted by Crippen LogP contribution is -2.10. The number of rotatable bonds is 4. The molecule has 0 nitrogen and oxygen atoms in total. The predicted octanol–water partition coefficient (Wildman–Crippen LogP) is 9.29. The fourth-order valence-electron chi connectivity index (χ4n) is 3.88. The molecule has 0 aromatic rings. The second-order valence-corrected chi connectivity index (χ2v) is 13.0. The van der Waals surface area contributed by atoms with Crippen LogP contribution in [-0.4, -0.2) is 0 Å². The van der Waals surface area contributed by atoms with Gasteiger partial charge in [-0.3, -0.25) is 0 Å². The van der Waals surface area contributed by atoms with Gasteiger partial charge in [-0.25, -0.2) is 0 Å². The summed E-state index contributed by atoms with van der Waals surface area (Å²) in [5, 5.41) is 0. The highest BCUT2D eigenvalue weighted by atomic mass is 14.3. The van der Waals surface area contributed by atoms with Gasteiger partial charge in [-0.05, 0) is 68.9 Å². The van der Waals surface area contributed by atoms with Crippen molar-refractivity contribution in [1.29, 1.82) is 0 Å². The van der Waals surface area contributed by atoms with Crippen LogP contribution in [0.4, 0.5) is 0 Å². The van der Waals surface area contributed by atoms with E-state index in [1.54, 1.807) is 0 Å². The molecule has 0 unspecified atom stereocenters. The molecule has 0 fully saturated rings. The largest absolute Gasteiger partial charge is 0.112 e. The van der Waals surface area contributed by atoms with Crippen LogP contribution in [0.5, 0.6) is 0 Å². The van der Waals surface area contributed by atoms with E-state index in [0.717, 1.165) is 12.8 Å². The summed E-state index contributed by atoms with van der Waals surface area (Å²) in [5.74, 6) is 0. The van der Waals surface area contributed by atoms with Crippen LogP contribution in [0.25, 0.3) is 0 Å². The summed E-state index contributed by atoms with van der Waals surface area (Å²) in [6.07, 6.45) is 11.4. The van der Waals surface area contributed by atoms with E-state index in [1.807, 2.05) is 0 Å². The molecule has 0 radical (unpaired) electrons. The molecule has 30 heavy (non-hydrogen) atoms. The van der Waals surface area contributed by atoms with Crippen molar-refractivity contribution in [2.24, 2.45) is 21.7 Å². The Hall–Kier alpha value is -1.74. The van der Waals surface area contributed by atoms with E-state index in [2.05, 4.69) is 119 Å². The zero-order valence-corrected chi connectivity index (χ0v) is 21.7. The van der Waals surface area contributed by atoms with Crippen LogP contribution in [0.15, 0.2) is 69.2 Å². The maximum absolute atomic E-state index is 3.73. The molecular formula is C30H44. The van der Waals surface area contributed by atoms with E-state index in [1.165, 1.54) is 33.4 Å². The summed E-state index contributed by atoms with van der Waals surface area (Å²) in [6, 6.07) is 0. The van der Waals surface area contributed by atoms with E-state index in [4.69, 9.17) is 0 Å². The number of allylic oxidation sites excluding steroid dienone is 8. The molecule has 0 aliphatic heterocycles. The highest BCUT2D eigenvalue weighted by Gasteiger charge is 2.28. The van der Waals surface area contributed by atoms with Crippen LogP contribution in [-0.2, 0) is 0 Å². The Morgan fingerprint density at radius 1 is 0.533 bits per heavy atom. The van der Waals surface area contributed by atoms with E-state index in [9.17, 15) is 0 Å². The average Bonchev–Trinajstić information content (AvgIpc) is 3.14. The summed E-state index contributed by atoms with van der Waals surface area (Å²) < 4.78 is 0. The second-order valence-electron chi connectivity index (χ2n) is 13.0. The first-order chi connectivity index (χ1) is 13.4. The third-order valence-electron chi connectivity index (χ3n) is 5.76. The Morgan fingerprint density at radius 3 is 1.07 bits per heavy atom. The Balaban J connectivity index is 2.18. The normalized spacial score (nSPS) is 18.3. The molecule has 0 aromatic heterocycles. The van der Waals surface area contributed by atoms with Gasteiger partial charge in [-0.2, -0.15) is 0 Å². The zero-order chi connectivity index (χ0) is 23.1. The zero-order valence-electron chi connectivity index (χ0n) is 21.7. The lowest BCUT2D eigenvalue weighted by atomic mass is 9.82. The quantitative estimate of drug-likeness (QED) is 0.323. The van der Waals surface area contributed by atoms with E-state index in [-0.39, 0.29) is 21.7 Å². The SMILES string of the molecule is CC(C)(C)C1=C=C(C(C)(C)C)C(C/C=C\CC2=CC(C(C)(C)C)=C=C2C(C)(C)C)=C1. The monoisotopic (exact) mass is 404 g/mol. The first kappa shape index (κ1) is 24.5. The van der Waals surface area contributed by atoms with Gasteiger partial charge in [0.15, 0.2) is 0 Å². The Labute approximate surface area is 186 Å². The Morgan fingerprint density at radius 2 is 0.833 bits per heavy atom. The first-order valence-corrected chi connectivity index (χ1v) is 11.5. The van der Waals surface area contributed by atoms with Crippen molar-refractivity contribution in [3.8, 4) is 0 Å². The number of hydrogen-bond donors (Lipinski definition) is 0. The maximum Gasteiger partial charge on any atom is 0.00318 e. The van der Waals surface area contributed by atoms with Crippen LogP contribution in [0.3, 0.4) is 0 Å². The van der Waals surface area contributed by atoms with Crippen molar-refractivity contribution in [2.75, 3.05) is 0 Å². The predicted molar refractivity (Wildman–Crippen MR) is 133 cm³/mol. The highest BCUT2D eigenvalue weighted by Crippen LogP contribution is 2.42. The van der Waals surface area contributed by atoms with Crippen molar-refractivity contribution < 1.29 is 0 Å². The molecule has 2 aliphatic carbocycles. The summed E-state index contributed by atoms with van der Waals surface area (Å²) in [5.41, 5.74) is 16.2. The summed E-state index contributed by atoms with van der Waals surface area (Å²) in [6.45, 7) is 27.4. The molecule has 164 valence electrons. The summed E-state index contributed by atoms with van der Waals surface area (Å²) in [4.78, 5) is 0. The molecule has 2 rings (SSSR count). The highest BCUT2D eigenvalue weighted by molar-refractivity contribution is 5.51. The molecule has 0 heteroatoms. The van der Waals surface area contributed by atoms with Crippen molar-refractivity contribution in [2.45, 2.75) is 95.9 Å². The molecule has 0 saturated carbocycles. The average molecular weight is 405 g/mol. The second kappa shape index (κ2) is 8.07. The van der Waals surface area contributed by atoms with Crippen molar-refractivity contribution in [3.05, 3.63) is 69.2 Å². The molecule has 0 atom stereocenters. The van der Waals surface area contributed by atoms with Crippen LogP contribution < -0.4 is 0 Å². The third-order valence-corrected chi connectivity index (χ3v) is 5.76. The minimum absolute atomic E-state index is 0.119. The smallest absolute Gasteiger partial charge is 0.00318 e. The van der Waals surface area contributed by atoms with Gasteiger partial charge in [0.25, 0.3) is 0 Å². The molecule has 0 bridgehead atoms. The standard InChI is InChI=1S/C30H44/c1-27(2,3)23-17-21(25(19-23)29(7,8)9)15-13-14-16-22-18-24(28(4,5)6)20-26(22)30(10,11)12/h13-14,17-18H,15-16H2,1-12H3/b14-13-. The third kappa shape index (κ3) is 5.91. The van der Waals surface area contributed by atoms with Crippen molar-refractivity contribution in [3.63, 3.8) is 0 Å². The molecule has 0 spiro atoms. The molecule has 0 aromatic carbocycles. The Bertz CT molecular complexity index is 832. The maximum atomic E-state index is 3.73. The van der Waals surface area contributed by atoms with Gasteiger partial charge in [-0.15, -0.1) is 11.5 Å². The van der Waals surface area contributed by atoms with Crippen LogP contribution in [0, 0.1) is 21.7 Å². The molecule has 0 amide bonds. The topological polar surface area (TPSA) is 0 Å². The van der Waals surface area contributed by atoms with E-state index in [0.29, 0.717) is 0 Å². The van der Waals surface area contributed by atoms with Crippen LogP contribution >= 0.6 is 0 Å². The summed E-state index contributed by atoms with van der Waals surface area (Å²) in [7, 11) is 0. The molecular weight excluding hydrogens is 360 g/mol. The van der Waals surface area contributed by atoms with Gasteiger partial charge in [-0.1, -0.05) is 95.2 Å². The van der Waals surface area contributed by atoms with Crippen molar-refractivity contribution >= 4 is 0 Å². The fraction of sp³-hybridized carbons (Fsp3) is 0.600. The lowest BCUT2D eigenvalue weighted by molar-refractivity contribution is 0.507. The van der Waals surface area contributed by atoms with Gasteiger partial charge in [0.05, 0.1) is 0 Å². The van der Waals surface area contributed by atoms with Crippen LogP contribution in [0.2, 0.25) is 0 Å². The minimum Gasteiger partial charge on any atom is -0.112 e. The van der Waals surface area contributed by atoms with Gasteiger partial charge < -0.3 is 0 Å². The molecule has 0 heterocycles. The summed E-state index contributed by atoms with van der Waals surface area (Å²) >= 11 is 0. The van der Waals surface area contributed by atoms with E-state index < -0.39 is 0 Å². The molecule has 0 N–H and O–H groups in total. The first-order valence-electron chi connectivity index (χ1n) is 11.5. The van der Waals surface area contributed by atoms with E-state index >= 15 is 0 Å². The van der Waals surface area contributed by atoms with Gasteiger partial charge in [0, 0.05) is 11.1 Å². The van der Waals surface area contributed by atoms with Crippen LogP contribution in [0.1, 0.15) is 95.9 Å². The van der Waals surface area contributed by atoms with Gasteiger partial charge in [0.1, 0.15) is 0 Å². The van der Waals surface area contributed by atoms with Gasteiger partial charge in [0.2, 0.25) is 0 Å². The number of hydrogen-bond acceptors (Lipinski definition) is 0. The molecule has 0 saturated heterocycles. The van der Waals surface area contributed by atoms with Gasteiger partial charge >= 0.3 is 0 Å². The lowest BCUT2D eigenvalue weighted by Gasteiger charge is -2.22. The Kier molecular flexibility index (Phi) is 6.60.